The number of halogens is 1. The molecule has 2 aromatic carbocycles. The molecule has 0 unspecified atom stereocenters. The van der Waals surface area contributed by atoms with Gasteiger partial charge in [-0.25, -0.2) is 0 Å². The molecule has 7 heteroatoms. The van der Waals surface area contributed by atoms with Crippen LogP contribution in [0.15, 0.2) is 36.4 Å². The Bertz CT molecular complexity index is 783. The van der Waals surface area contributed by atoms with Crippen molar-refractivity contribution in [2.75, 3.05) is 43.3 Å². The summed E-state index contributed by atoms with van der Waals surface area (Å²) in [6.45, 7) is 1.11. The third-order valence-electron chi connectivity index (χ3n) is 4.40. The molecule has 3 rings (SSSR count). The van der Waals surface area contributed by atoms with E-state index in [-0.39, 0.29) is 24.9 Å². The molecule has 0 spiro atoms. The van der Waals surface area contributed by atoms with Crippen molar-refractivity contribution >= 4 is 35.4 Å². The van der Waals surface area contributed by atoms with E-state index in [1.807, 2.05) is 18.2 Å². The van der Waals surface area contributed by atoms with Crippen LogP contribution in [-0.2, 0) is 11.2 Å². The monoisotopic (exact) mass is 377 g/mol. The SMILES string of the molecule is COc1ccc(NC(=O)CN2CCCc3c(N)cccc32)c(OC)c1.Cl. The fourth-order valence-electron chi connectivity index (χ4n) is 3.16. The van der Waals surface area contributed by atoms with Gasteiger partial charge in [0.25, 0.3) is 0 Å². The number of fused-ring (bicyclic) bond motifs is 1. The zero-order chi connectivity index (χ0) is 17.8. The van der Waals surface area contributed by atoms with Crippen molar-refractivity contribution in [2.24, 2.45) is 0 Å². The summed E-state index contributed by atoms with van der Waals surface area (Å²) in [4.78, 5) is 14.6. The van der Waals surface area contributed by atoms with E-state index in [2.05, 4.69) is 10.2 Å². The van der Waals surface area contributed by atoms with E-state index in [0.29, 0.717) is 17.2 Å². The lowest BCUT2D eigenvalue weighted by atomic mass is 10.00. The molecule has 1 heterocycles. The Morgan fingerprint density at radius 1 is 1.23 bits per heavy atom. The highest BCUT2D eigenvalue weighted by atomic mass is 35.5. The summed E-state index contributed by atoms with van der Waals surface area (Å²) < 4.78 is 10.5. The highest BCUT2D eigenvalue weighted by molar-refractivity contribution is 5.95. The Balaban J connectivity index is 0.00000243. The number of anilines is 3. The fourth-order valence-corrected chi connectivity index (χ4v) is 3.16. The number of methoxy groups -OCH3 is 2. The summed E-state index contributed by atoms with van der Waals surface area (Å²) in [6, 6.07) is 11.2. The Labute approximate surface area is 159 Å². The van der Waals surface area contributed by atoms with Gasteiger partial charge in [0.1, 0.15) is 11.5 Å². The maximum atomic E-state index is 12.5. The van der Waals surface area contributed by atoms with E-state index < -0.39 is 0 Å². The molecule has 0 fully saturated rings. The molecule has 6 nitrogen and oxygen atoms in total. The average molecular weight is 378 g/mol. The van der Waals surface area contributed by atoms with Crippen molar-refractivity contribution < 1.29 is 14.3 Å². The first-order valence-corrected chi connectivity index (χ1v) is 8.26. The number of nitrogens with zero attached hydrogens (tertiary/aromatic N) is 1. The first-order chi connectivity index (χ1) is 12.1. The molecule has 0 radical (unpaired) electrons. The summed E-state index contributed by atoms with van der Waals surface area (Å²) in [5, 5.41) is 2.91. The minimum absolute atomic E-state index is 0. The number of nitrogens with two attached hydrogens (primary N) is 1. The second-order valence-electron chi connectivity index (χ2n) is 5.98. The van der Waals surface area contributed by atoms with Crippen molar-refractivity contribution in [1.82, 2.24) is 0 Å². The van der Waals surface area contributed by atoms with Crippen LogP contribution in [0.2, 0.25) is 0 Å². The molecule has 0 aliphatic carbocycles. The van der Waals surface area contributed by atoms with Crippen molar-refractivity contribution in [3.05, 3.63) is 42.0 Å². The van der Waals surface area contributed by atoms with Gasteiger partial charge in [0.15, 0.2) is 0 Å². The zero-order valence-electron chi connectivity index (χ0n) is 15.0. The Hall–Kier alpha value is -2.60. The highest BCUT2D eigenvalue weighted by Crippen LogP contribution is 2.32. The topological polar surface area (TPSA) is 76.8 Å². The third-order valence-corrected chi connectivity index (χ3v) is 4.40. The van der Waals surface area contributed by atoms with Gasteiger partial charge in [0.2, 0.25) is 5.91 Å². The van der Waals surface area contributed by atoms with Crippen molar-refractivity contribution in [1.29, 1.82) is 0 Å². The third kappa shape index (κ3) is 4.14. The molecule has 1 amide bonds. The number of benzene rings is 2. The van der Waals surface area contributed by atoms with Crippen LogP contribution in [0.3, 0.4) is 0 Å². The quantitative estimate of drug-likeness (QED) is 0.783. The molecule has 2 aromatic rings. The van der Waals surface area contributed by atoms with Gasteiger partial charge in [-0.1, -0.05) is 6.07 Å². The van der Waals surface area contributed by atoms with Gasteiger partial charge >= 0.3 is 0 Å². The van der Waals surface area contributed by atoms with Gasteiger partial charge in [-0.15, -0.1) is 12.4 Å². The number of ether oxygens (including phenoxy) is 2. The van der Waals surface area contributed by atoms with Gasteiger partial charge < -0.3 is 25.4 Å². The lowest BCUT2D eigenvalue weighted by Crippen LogP contribution is -2.37. The number of nitrogens with one attached hydrogen (secondary N) is 1. The van der Waals surface area contributed by atoms with Crippen LogP contribution in [0.1, 0.15) is 12.0 Å². The number of hydrogen-bond acceptors (Lipinski definition) is 5. The summed E-state index contributed by atoms with van der Waals surface area (Å²) in [6.07, 6.45) is 1.94. The van der Waals surface area contributed by atoms with Crippen molar-refractivity contribution in [3.63, 3.8) is 0 Å². The molecule has 1 aliphatic heterocycles. The van der Waals surface area contributed by atoms with Gasteiger partial charge in [-0.2, -0.15) is 0 Å². The van der Waals surface area contributed by atoms with E-state index >= 15 is 0 Å². The summed E-state index contributed by atoms with van der Waals surface area (Å²) in [7, 11) is 3.15. The predicted octanol–water partition coefficient (Wildman–Crippen LogP) is 3.10. The van der Waals surface area contributed by atoms with Crippen LogP contribution in [0.4, 0.5) is 17.1 Å². The van der Waals surface area contributed by atoms with E-state index in [9.17, 15) is 4.79 Å². The molecule has 0 atom stereocenters. The Morgan fingerprint density at radius 3 is 2.77 bits per heavy atom. The van der Waals surface area contributed by atoms with Gasteiger partial charge in [0, 0.05) is 24.0 Å². The number of carbonyl (C=O) groups excluding carboxylic acids is 1. The number of nitrogen functional groups attached to an aromatic ring is 1. The van der Waals surface area contributed by atoms with Crippen LogP contribution < -0.4 is 25.4 Å². The molecule has 0 aromatic heterocycles. The highest BCUT2D eigenvalue weighted by Gasteiger charge is 2.21. The van der Waals surface area contributed by atoms with Gasteiger partial charge in [0.05, 0.1) is 26.5 Å². The number of carbonyl (C=O) groups is 1. The van der Waals surface area contributed by atoms with Crippen LogP contribution in [0.5, 0.6) is 11.5 Å². The molecule has 0 saturated heterocycles. The van der Waals surface area contributed by atoms with Crippen LogP contribution in [-0.4, -0.2) is 33.2 Å². The molecule has 140 valence electrons. The minimum atomic E-state index is -0.0984. The smallest absolute Gasteiger partial charge is 0.243 e. The van der Waals surface area contributed by atoms with E-state index in [0.717, 1.165) is 36.3 Å². The van der Waals surface area contributed by atoms with Crippen molar-refractivity contribution in [2.45, 2.75) is 12.8 Å². The second-order valence-corrected chi connectivity index (χ2v) is 5.98. The number of hydrogen-bond donors (Lipinski definition) is 2. The standard InChI is InChI=1S/C19H23N3O3.ClH/c1-24-13-8-9-16(18(11-13)25-2)21-19(23)12-22-10-4-5-14-15(20)6-3-7-17(14)22;/h3,6-9,11H,4-5,10,12,20H2,1-2H3,(H,21,23);1H. The molecular weight excluding hydrogens is 354 g/mol. The molecule has 26 heavy (non-hydrogen) atoms. The van der Waals surface area contributed by atoms with Gasteiger partial charge in [-0.05, 0) is 42.7 Å². The normalized spacial score (nSPS) is 12.6. The molecule has 0 bridgehead atoms. The molecule has 0 saturated carbocycles. The van der Waals surface area contributed by atoms with Gasteiger partial charge in [-0.3, -0.25) is 4.79 Å². The predicted molar refractivity (Wildman–Crippen MR) is 107 cm³/mol. The van der Waals surface area contributed by atoms with Crippen LogP contribution >= 0.6 is 12.4 Å². The van der Waals surface area contributed by atoms with E-state index in [4.69, 9.17) is 15.2 Å². The average Bonchev–Trinajstić information content (AvgIpc) is 2.63. The maximum Gasteiger partial charge on any atom is 0.243 e. The Morgan fingerprint density at radius 2 is 2.04 bits per heavy atom. The lowest BCUT2D eigenvalue weighted by Gasteiger charge is -2.31. The Kier molecular flexibility index (Phi) is 6.58. The number of rotatable bonds is 5. The van der Waals surface area contributed by atoms with E-state index in [1.54, 1.807) is 32.4 Å². The van der Waals surface area contributed by atoms with E-state index in [1.165, 1.54) is 0 Å². The van der Waals surface area contributed by atoms with Crippen LogP contribution in [0, 0.1) is 0 Å². The fraction of sp³-hybridized carbons (Fsp3) is 0.316. The summed E-state index contributed by atoms with van der Waals surface area (Å²) in [5.41, 5.74) is 9.65. The second kappa shape index (κ2) is 8.67. The minimum Gasteiger partial charge on any atom is -0.497 e. The molecule has 1 aliphatic rings. The first kappa shape index (κ1) is 19.7. The first-order valence-electron chi connectivity index (χ1n) is 8.26. The summed E-state index contributed by atoms with van der Waals surface area (Å²) >= 11 is 0. The maximum absolute atomic E-state index is 12.5. The summed E-state index contributed by atoms with van der Waals surface area (Å²) in [5.74, 6) is 1.14. The van der Waals surface area contributed by atoms with Crippen LogP contribution in [0.25, 0.3) is 0 Å². The van der Waals surface area contributed by atoms with Crippen molar-refractivity contribution in [3.8, 4) is 11.5 Å². The zero-order valence-corrected chi connectivity index (χ0v) is 15.8. The lowest BCUT2D eigenvalue weighted by molar-refractivity contribution is -0.115. The number of amides is 1. The largest absolute Gasteiger partial charge is 0.497 e. The molecular formula is C19H24ClN3O3. The molecule has 3 N–H and O–H groups in total.